The van der Waals surface area contributed by atoms with Gasteiger partial charge in [-0.05, 0) is 24.5 Å². The molecular formula is C12H14N2O3. The summed E-state index contributed by atoms with van der Waals surface area (Å²) in [7, 11) is 0. The van der Waals surface area contributed by atoms with Crippen molar-refractivity contribution in [3.05, 3.63) is 29.8 Å². The summed E-state index contributed by atoms with van der Waals surface area (Å²) < 4.78 is 0. The summed E-state index contributed by atoms with van der Waals surface area (Å²) in [6.45, 7) is -0.344. The number of rotatable bonds is 2. The van der Waals surface area contributed by atoms with Crippen LogP contribution in [0.3, 0.4) is 0 Å². The molecule has 1 aromatic carbocycles. The molecule has 5 nitrogen and oxygen atoms in total. The van der Waals surface area contributed by atoms with Gasteiger partial charge in [0.2, 0.25) is 5.91 Å². The Morgan fingerprint density at radius 3 is 2.88 bits per heavy atom. The van der Waals surface area contributed by atoms with E-state index in [0.29, 0.717) is 18.5 Å². The molecule has 5 heteroatoms. The van der Waals surface area contributed by atoms with Crippen LogP contribution in [0.25, 0.3) is 0 Å². The molecule has 0 saturated heterocycles. The lowest BCUT2D eigenvalue weighted by atomic mass is 10.1. The van der Waals surface area contributed by atoms with E-state index < -0.39 is 12.0 Å². The maximum absolute atomic E-state index is 12.0. The van der Waals surface area contributed by atoms with E-state index in [1.54, 1.807) is 12.1 Å². The number of carboxylic acids is 1. The van der Waals surface area contributed by atoms with Crippen molar-refractivity contribution >= 4 is 17.6 Å². The third-order valence-electron chi connectivity index (χ3n) is 2.88. The second-order valence-electron chi connectivity index (χ2n) is 4.09. The van der Waals surface area contributed by atoms with Crippen molar-refractivity contribution in [1.82, 2.24) is 0 Å². The van der Waals surface area contributed by atoms with E-state index in [4.69, 9.17) is 10.8 Å². The molecule has 0 radical (unpaired) electrons. The van der Waals surface area contributed by atoms with Crippen LogP contribution in [0.1, 0.15) is 12.0 Å². The van der Waals surface area contributed by atoms with Gasteiger partial charge < -0.3 is 10.8 Å². The number of hydrogen-bond donors (Lipinski definition) is 2. The molecule has 2 rings (SSSR count). The number of carbonyl (C=O) groups is 2. The number of nitrogens with zero attached hydrogens (tertiary/aromatic N) is 1. The first kappa shape index (κ1) is 11.6. The summed E-state index contributed by atoms with van der Waals surface area (Å²) in [4.78, 5) is 24.0. The Labute approximate surface area is 98.8 Å². The molecule has 0 aromatic heterocycles. The molecule has 90 valence electrons. The van der Waals surface area contributed by atoms with Crippen molar-refractivity contribution in [2.45, 2.75) is 18.9 Å². The van der Waals surface area contributed by atoms with E-state index in [1.807, 2.05) is 12.1 Å². The normalized spacial score (nSPS) is 19.7. The lowest BCUT2D eigenvalue weighted by Crippen LogP contribution is -2.45. The standard InChI is InChI=1S/C12H14N2O3/c13-9-6-5-8-3-1-2-4-10(8)14(12(9)17)7-11(15)16/h1-4,9H,5-7,13H2,(H,15,16)/t9-/m1/s1. The minimum Gasteiger partial charge on any atom is -0.480 e. The molecule has 0 bridgehead atoms. The highest BCUT2D eigenvalue weighted by Gasteiger charge is 2.28. The van der Waals surface area contributed by atoms with Crippen LogP contribution in [0.4, 0.5) is 5.69 Å². The van der Waals surface area contributed by atoms with Crippen LogP contribution in [0, 0.1) is 0 Å². The zero-order chi connectivity index (χ0) is 12.4. The molecule has 0 fully saturated rings. The van der Waals surface area contributed by atoms with Crippen molar-refractivity contribution in [1.29, 1.82) is 0 Å². The summed E-state index contributed by atoms with van der Waals surface area (Å²) in [6.07, 6.45) is 1.24. The fraction of sp³-hybridized carbons (Fsp3) is 0.333. The summed E-state index contributed by atoms with van der Waals surface area (Å²) >= 11 is 0. The van der Waals surface area contributed by atoms with Gasteiger partial charge in [0, 0.05) is 5.69 Å². The van der Waals surface area contributed by atoms with Crippen LogP contribution < -0.4 is 10.6 Å². The fourth-order valence-electron chi connectivity index (χ4n) is 2.04. The number of amides is 1. The summed E-state index contributed by atoms with van der Waals surface area (Å²) in [5.74, 6) is -1.36. The van der Waals surface area contributed by atoms with Gasteiger partial charge in [-0.1, -0.05) is 18.2 Å². The van der Waals surface area contributed by atoms with E-state index in [9.17, 15) is 9.59 Å². The van der Waals surface area contributed by atoms with Crippen LogP contribution in [0.2, 0.25) is 0 Å². The zero-order valence-corrected chi connectivity index (χ0v) is 9.30. The van der Waals surface area contributed by atoms with Crippen LogP contribution >= 0.6 is 0 Å². The number of nitrogens with two attached hydrogens (primary N) is 1. The Morgan fingerprint density at radius 1 is 1.47 bits per heavy atom. The average molecular weight is 234 g/mol. The predicted molar refractivity (Wildman–Crippen MR) is 62.7 cm³/mol. The molecule has 1 aliphatic heterocycles. The second kappa shape index (κ2) is 4.55. The van der Waals surface area contributed by atoms with Crippen LogP contribution in [0.15, 0.2) is 24.3 Å². The minimum atomic E-state index is -1.04. The van der Waals surface area contributed by atoms with Crippen LogP contribution in [0.5, 0.6) is 0 Å². The van der Waals surface area contributed by atoms with Gasteiger partial charge in [-0.2, -0.15) is 0 Å². The molecule has 3 N–H and O–H groups in total. The number of anilines is 1. The molecule has 1 aromatic rings. The Hall–Kier alpha value is -1.88. The SMILES string of the molecule is N[C@@H]1CCc2ccccc2N(CC(=O)O)C1=O. The molecule has 0 unspecified atom stereocenters. The third kappa shape index (κ3) is 2.29. The summed E-state index contributed by atoms with van der Waals surface area (Å²) in [5, 5.41) is 8.85. The molecule has 1 atom stereocenters. The smallest absolute Gasteiger partial charge is 0.323 e. The maximum Gasteiger partial charge on any atom is 0.323 e. The van der Waals surface area contributed by atoms with E-state index >= 15 is 0 Å². The highest BCUT2D eigenvalue weighted by atomic mass is 16.4. The number of fused-ring (bicyclic) bond motifs is 1. The largest absolute Gasteiger partial charge is 0.480 e. The molecule has 1 aliphatic rings. The number of aliphatic carboxylic acids is 1. The van der Waals surface area contributed by atoms with E-state index in [2.05, 4.69) is 0 Å². The number of benzene rings is 1. The second-order valence-corrected chi connectivity index (χ2v) is 4.09. The van der Waals surface area contributed by atoms with Gasteiger partial charge in [0.1, 0.15) is 6.54 Å². The molecule has 1 amide bonds. The molecular weight excluding hydrogens is 220 g/mol. The third-order valence-corrected chi connectivity index (χ3v) is 2.88. The summed E-state index contributed by atoms with van der Waals surface area (Å²) in [6, 6.07) is 6.70. The van der Waals surface area contributed by atoms with Gasteiger partial charge in [0.15, 0.2) is 0 Å². The molecule has 0 spiro atoms. The van der Waals surface area contributed by atoms with Gasteiger partial charge in [-0.15, -0.1) is 0 Å². The Bertz CT molecular complexity index is 459. The Kier molecular flexibility index (Phi) is 3.10. The number of carboxylic acid groups (broad SMARTS) is 1. The first-order chi connectivity index (χ1) is 8.09. The number of carbonyl (C=O) groups excluding carboxylic acids is 1. The lowest BCUT2D eigenvalue weighted by Gasteiger charge is -2.22. The van der Waals surface area contributed by atoms with Gasteiger partial charge in [0.25, 0.3) is 0 Å². The van der Waals surface area contributed by atoms with Gasteiger partial charge in [-0.25, -0.2) is 0 Å². The lowest BCUT2D eigenvalue weighted by molar-refractivity contribution is -0.136. The number of aryl methyl sites for hydroxylation is 1. The van der Waals surface area contributed by atoms with Crippen molar-refractivity contribution in [3.8, 4) is 0 Å². The maximum atomic E-state index is 12.0. The van der Waals surface area contributed by atoms with Gasteiger partial charge in [-0.3, -0.25) is 14.5 Å². The van der Waals surface area contributed by atoms with Crippen molar-refractivity contribution in [2.24, 2.45) is 5.73 Å². The average Bonchev–Trinajstić information content (AvgIpc) is 2.42. The topological polar surface area (TPSA) is 83.6 Å². The molecule has 17 heavy (non-hydrogen) atoms. The Morgan fingerprint density at radius 2 is 2.18 bits per heavy atom. The van der Waals surface area contributed by atoms with Gasteiger partial charge in [0.05, 0.1) is 6.04 Å². The fourth-order valence-corrected chi connectivity index (χ4v) is 2.04. The number of hydrogen-bond acceptors (Lipinski definition) is 3. The molecule has 0 saturated carbocycles. The molecule has 1 heterocycles. The predicted octanol–water partition coefficient (Wildman–Crippen LogP) is 0.378. The van der Waals surface area contributed by atoms with E-state index in [0.717, 1.165) is 5.56 Å². The highest BCUT2D eigenvalue weighted by Crippen LogP contribution is 2.26. The summed E-state index contributed by atoms with van der Waals surface area (Å²) in [5.41, 5.74) is 7.37. The van der Waals surface area contributed by atoms with Crippen LogP contribution in [-0.4, -0.2) is 29.6 Å². The first-order valence-corrected chi connectivity index (χ1v) is 5.46. The zero-order valence-electron chi connectivity index (χ0n) is 9.30. The van der Waals surface area contributed by atoms with Gasteiger partial charge >= 0.3 is 5.97 Å². The monoisotopic (exact) mass is 234 g/mol. The van der Waals surface area contributed by atoms with E-state index in [1.165, 1.54) is 4.90 Å². The van der Waals surface area contributed by atoms with Crippen molar-refractivity contribution in [3.63, 3.8) is 0 Å². The first-order valence-electron chi connectivity index (χ1n) is 5.46. The van der Waals surface area contributed by atoms with Crippen molar-refractivity contribution in [2.75, 3.05) is 11.4 Å². The van der Waals surface area contributed by atoms with Crippen molar-refractivity contribution < 1.29 is 14.7 Å². The number of para-hydroxylation sites is 1. The van der Waals surface area contributed by atoms with E-state index in [-0.39, 0.29) is 12.5 Å². The Balaban J connectivity index is 2.43. The molecule has 0 aliphatic carbocycles. The quantitative estimate of drug-likeness (QED) is 0.774. The highest BCUT2D eigenvalue weighted by molar-refractivity contribution is 6.01. The minimum absolute atomic E-state index is 0.322. The van der Waals surface area contributed by atoms with Crippen LogP contribution in [-0.2, 0) is 16.0 Å².